The molecule has 0 heterocycles. The van der Waals surface area contributed by atoms with Crippen LogP contribution in [-0.4, -0.2) is 74.9 Å². The second kappa shape index (κ2) is 56.6. The van der Waals surface area contributed by atoms with Gasteiger partial charge in [-0.1, -0.05) is 265 Å². The third-order valence-corrected chi connectivity index (χ3v) is 14.1. The molecule has 438 valence electrons. The van der Waals surface area contributed by atoms with Gasteiger partial charge in [0.25, 0.3) is 0 Å². The molecule has 0 spiro atoms. The number of unbranched alkanes of at least 4 members (excludes halogenated alkanes) is 26. The van der Waals surface area contributed by atoms with Gasteiger partial charge in [0.1, 0.15) is 19.8 Å². The fraction of sp³-hybridized carbons (Fsp3) is 0.727. The Morgan fingerprint density at radius 2 is 0.750 bits per heavy atom. The molecular formula is C66H117NO8P+. The number of hydrogen-bond donors (Lipinski definition) is 1. The number of ether oxygens (including phenoxy) is 2. The highest BCUT2D eigenvalue weighted by atomic mass is 31.2. The van der Waals surface area contributed by atoms with E-state index < -0.39 is 26.5 Å². The quantitative estimate of drug-likeness (QED) is 0.0211. The molecule has 0 saturated carbocycles. The highest BCUT2D eigenvalue weighted by Gasteiger charge is 2.27. The van der Waals surface area contributed by atoms with Gasteiger partial charge in [-0.05, 0) is 77.0 Å². The maximum atomic E-state index is 12.8. The van der Waals surface area contributed by atoms with Gasteiger partial charge in [-0.15, -0.1) is 0 Å². The molecular weight excluding hydrogens is 966 g/mol. The number of carbonyl (C=O) groups is 2. The minimum atomic E-state index is -4.38. The Bertz CT molecular complexity index is 1600. The van der Waals surface area contributed by atoms with Crippen molar-refractivity contribution in [2.45, 2.75) is 264 Å². The van der Waals surface area contributed by atoms with E-state index in [9.17, 15) is 19.0 Å². The fourth-order valence-electron chi connectivity index (χ4n) is 8.39. The van der Waals surface area contributed by atoms with Gasteiger partial charge in [-0.2, -0.15) is 0 Å². The Hall–Kier alpha value is -3.07. The van der Waals surface area contributed by atoms with Crippen molar-refractivity contribution in [2.24, 2.45) is 0 Å². The molecule has 10 heteroatoms. The zero-order chi connectivity index (χ0) is 55.6. The van der Waals surface area contributed by atoms with Crippen LogP contribution in [0.15, 0.2) is 97.2 Å². The predicted octanol–water partition coefficient (Wildman–Crippen LogP) is 19.6. The van der Waals surface area contributed by atoms with E-state index in [1.54, 1.807) is 0 Å². The lowest BCUT2D eigenvalue weighted by Gasteiger charge is -2.24. The summed E-state index contributed by atoms with van der Waals surface area (Å²) >= 11 is 0. The molecule has 0 aliphatic carbocycles. The van der Waals surface area contributed by atoms with Crippen LogP contribution in [0, 0.1) is 0 Å². The zero-order valence-corrected chi connectivity index (χ0v) is 50.6. The van der Waals surface area contributed by atoms with Crippen molar-refractivity contribution < 1.29 is 42.1 Å². The molecule has 0 aromatic heterocycles. The minimum absolute atomic E-state index is 0.0304. The normalized spacial score (nSPS) is 13.9. The van der Waals surface area contributed by atoms with Crippen LogP contribution in [-0.2, 0) is 32.7 Å². The van der Waals surface area contributed by atoms with E-state index in [-0.39, 0.29) is 32.0 Å². The molecule has 0 aliphatic heterocycles. The van der Waals surface area contributed by atoms with Crippen LogP contribution in [0.5, 0.6) is 0 Å². The van der Waals surface area contributed by atoms with Crippen LogP contribution in [0.2, 0.25) is 0 Å². The monoisotopic (exact) mass is 1080 g/mol. The summed E-state index contributed by atoms with van der Waals surface area (Å²) < 4.78 is 34.5. The maximum absolute atomic E-state index is 12.8. The van der Waals surface area contributed by atoms with E-state index in [0.29, 0.717) is 17.4 Å². The van der Waals surface area contributed by atoms with Crippen LogP contribution in [0.4, 0.5) is 0 Å². The van der Waals surface area contributed by atoms with Crippen molar-refractivity contribution in [3.63, 3.8) is 0 Å². The van der Waals surface area contributed by atoms with Gasteiger partial charge in [-0.3, -0.25) is 18.6 Å². The van der Waals surface area contributed by atoms with E-state index in [4.69, 9.17) is 18.5 Å². The molecule has 0 amide bonds. The van der Waals surface area contributed by atoms with E-state index in [2.05, 4.69) is 111 Å². The van der Waals surface area contributed by atoms with Crippen molar-refractivity contribution in [3.8, 4) is 0 Å². The molecule has 2 unspecified atom stereocenters. The lowest BCUT2D eigenvalue weighted by molar-refractivity contribution is -0.870. The van der Waals surface area contributed by atoms with Crippen molar-refractivity contribution in [3.05, 3.63) is 97.2 Å². The topological polar surface area (TPSA) is 108 Å². The first-order valence-electron chi connectivity index (χ1n) is 31.0. The first-order chi connectivity index (χ1) is 37.0. The third kappa shape index (κ3) is 60.2. The number of hydrogen-bond acceptors (Lipinski definition) is 7. The van der Waals surface area contributed by atoms with Crippen molar-refractivity contribution in [1.29, 1.82) is 0 Å². The van der Waals surface area contributed by atoms with Crippen LogP contribution >= 0.6 is 7.82 Å². The van der Waals surface area contributed by atoms with E-state index in [1.807, 2.05) is 21.1 Å². The Balaban J connectivity index is 4.01. The number of esters is 2. The van der Waals surface area contributed by atoms with Crippen molar-refractivity contribution >= 4 is 19.8 Å². The molecule has 0 radical (unpaired) electrons. The standard InChI is InChI=1S/C66H116NO8P/c1-6-8-10-12-14-16-18-20-21-22-23-24-25-26-27-28-29-30-31-32-33-34-35-36-37-38-39-40-41-42-43-44-45-47-49-51-53-55-57-59-66(69)75-64(63-74-76(70,71)73-61-60-67(3,4)5)62-72-65(68)58-56-54-52-50-48-46-19-17-15-13-11-9-7-2/h8,10,14,16,20-21,23-24,26-27,29-30,32-33,35-36,64H,6-7,9,11-13,15,17-19,22,25,28,31,34,37-63H2,1-5H3/p+1/b10-8-,16-14-,21-20-,24-23-,27-26-,30-29-,33-32-,36-35-. The Kier molecular flexibility index (Phi) is 54.4. The minimum Gasteiger partial charge on any atom is -0.462 e. The zero-order valence-electron chi connectivity index (χ0n) is 49.7. The Morgan fingerprint density at radius 1 is 0.421 bits per heavy atom. The van der Waals surface area contributed by atoms with Crippen LogP contribution in [0.1, 0.15) is 258 Å². The summed E-state index contributed by atoms with van der Waals surface area (Å²) in [6, 6.07) is 0. The number of carbonyl (C=O) groups excluding carboxylic acids is 2. The molecule has 0 bridgehead atoms. The van der Waals surface area contributed by atoms with Gasteiger partial charge < -0.3 is 18.9 Å². The fourth-order valence-corrected chi connectivity index (χ4v) is 9.13. The van der Waals surface area contributed by atoms with Crippen LogP contribution in [0.25, 0.3) is 0 Å². The highest BCUT2D eigenvalue weighted by molar-refractivity contribution is 7.47. The first-order valence-corrected chi connectivity index (χ1v) is 32.5. The second-order valence-electron chi connectivity index (χ2n) is 21.7. The Morgan fingerprint density at radius 3 is 1.12 bits per heavy atom. The summed E-state index contributed by atoms with van der Waals surface area (Å²) in [4.78, 5) is 35.6. The number of nitrogens with zero attached hydrogens (tertiary/aromatic N) is 1. The largest absolute Gasteiger partial charge is 0.472 e. The summed E-state index contributed by atoms with van der Waals surface area (Å²) in [6.07, 6.45) is 77.8. The Labute approximate surface area is 468 Å². The molecule has 76 heavy (non-hydrogen) atoms. The SMILES string of the molecule is CC/C=C\C/C=C\C/C=C\C/C=C\C/C=C\C/C=C\C/C=C\C/C=C\CCCCCCCCCCCCCCCCC(=O)OC(COC(=O)CCCCCCCCCCCCCCC)COP(=O)(O)OCC[N+](C)(C)C. The molecule has 0 aromatic rings. The first kappa shape index (κ1) is 72.9. The average molecular weight is 1080 g/mol. The summed E-state index contributed by atoms with van der Waals surface area (Å²) in [5.74, 6) is -0.793. The van der Waals surface area contributed by atoms with Gasteiger partial charge in [0.2, 0.25) is 0 Å². The van der Waals surface area contributed by atoms with Crippen LogP contribution < -0.4 is 0 Å². The molecule has 2 atom stereocenters. The molecule has 0 aliphatic rings. The predicted molar refractivity (Wildman–Crippen MR) is 325 cm³/mol. The van der Waals surface area contributed by atoms with Gasteiger partial charge in [0.15, 0.2) is 6.10 Å². The third-order valence-electron chi connectivity index (χ3n) is 13.1. The van der Waals surface area contributed by atoms with Crippen molar-refractivity contribution in [2.75, 3.05) is 47.5 Å². The molecule has 0 rings (SSSR count). The van der Waals surface area contributed by atoms with Gasteiger partial charge >= 0.3 is 19.8 Å². The molecule has 1 N–H and O–H groups in total. The lowest BCUT2D eigenvalue weighted by atomic mass is 10.0. The van der Waals surface area contributed by atoms with Gasteiger partial charge in [0.05, 0.1) is 27.7 Å². The second-order valence-corrected chi connectivity index (χ2v) is 23.2. The summed E-state index contributed by atoms with van der Waals surface area (Å²) in [7, 11) is 1.48. The molecule has 0 aromatic carbocycles. The lowest BCUT2D eigenvalue weighted by Crippen LogP contribution is -2.37. The number of likely N-dealkylation sites (N-methyl/N-ethyl adjacent to an activating group) is 1. The smallest absolute Gasteiger partial charge is 0.462 e. The van der Waals surface area contributed by atoms with Gasteiger partial charge in [-0.25, -0.2) is 4.57 Å². The van der Waals surface area contributed by atoms with E-state index in [1.165, 1.54) is 135 Å². The summed E-state index contributed by atoms with van der Waals surface area (Å²) in [5, 5.41) is 0. The van der Waals surface area contributed by atoms with Gasteiger partial charge in [0, 0.05) is 12.8 Å². The van der Waals surface area contributed by atoms with E-state index >= 15 is 0 Å². The number of phosphoric acid groups is 1. The number of phosphoric ester groups is 1. The number of quaternary nitrogens is 1. The summed E-state index contributed by atoms with van der Waals surface area (Å²) in [5.41, 5.74) is 0. The molecule has 0 saturated heterocycles. The summed E-state index contributed by atoms with van der Waals surface area (Å²) in [6.45, 7) is 4.33. The maximum Gasteiger partial charge on any atom is 0.472 e. The van der Waals surface area contributed by atoms with Crippen molar-refractivity contribution in [1.82, 2.24) is 0 Å². The van der Waals surface area contributed by atoms with Crippen LogP contribution in [0.3, 0.4) is 0 Å². The molecule has 0 fully saturated rings. The van der Waals surface area contributed by atoms with E-state index in [0.717, 1.165) is 89.9 Å². The highest BCUT2D eigenvalue weighted by Crippen LogP contribution is 2.43. The number of rotatable bonds is 56. The molecule has 9 nitrogen and oxygen atoms in total. The average Bonchev–Trinajstić information content (AvgIpc) is 3.38. The number of allylic oxidation sites excluding steroid dienone is 16.